The standard InChI is InChI=1S/C18H27NO5S2/c1-14(2)15-5-7-18(8-6-15)26(22,23)19(12-17-4-3-10-24-17)16-9-11-25(20,21)13-16/h5-8,14,16-17H,3-4,9-13H2,1-2H3/t16-,17-/m0/s1. The molecule has 8 heteroatoms. The summed E-state index contributed by atoms with van der Waals surface area (Å²) in [6.45, 7) is 4.95. The van der Waals surface area contributed by atoms with Crippen LogP contribution in [0.2, 0.25) is 0 Å². The molecule has 3 rings (SSSR count). The van der Waals surface area contributed by atoms with Crippen molar-refractivity contribution >= 4 is 19.9 Å². The fourth-order valence-corrected chi connectivity index (χ4v) is 7.11. The van der Waals surface area contributed by atoms with Gasteiger partial charge in [-0.3, -0.25) is 0 Å². The molecule has 0 amide bonds. The molecule has 1 aromatic carbocycles. The van der Waals surface area contributed by atoms with Gasteiger partial charge in [-0.05, 0) is 42.9 Å². The van der Waals surface area contributed by atoms with Crippen LogP contribution >= 0.6 is 0 Å². The topological polar surface area (TPSA) is 80.8 Å². The van der Waals surface area contributed by atoms with Crippen LogP contribution in [0.1, 0.15) is 44.6 Å². The zero-order valence-electron chi connectivity index (χ0n) is 15.3. The molecule has 1 aromatic rings. The smallest absolute Gasteiger partial charge is 0.243 e. The summed E-state index contributed by atoms with van der Waals surface area (Å²) in [5.74, 6) is 0.250. The molecule has 0 spiro atoms. The molecule has 2 saturated heterocycles. The molecule has 2 aliphatic heterocycles. The van der Waals surface area contributed by atoms with Gasteiger partial charge in [0.25, 0.3) is 0 Å². The fraction of sp³-hybridized carbons (Fsp3) is 0.667. The lowest BCUT2D eigenvalue weighted by atomic mass is 10.0. The van der Waals surface area contributed by atoms with Crippen LogP contribution in [0.5, 0.6) is 0 Å². The van der Waals surface area contributed by atoms with Gasteiger partial charge in [-0.1, -0.05) is 26.0 Å². The minimum Gasteiger partial charge on any atom is -0.377 e. The van der Waals surface area contributed by atoms with Crippen molar-refractivity contribution in [1.29, 1.82) is 0 Å². The van der Waals surface area contributed by atoms with Crippen LogP contribution in [-0.2, 0) is 24.6 Å². The third kappa shape index (κ3) is 4.30. The Morgan fingerprint density at radius 2 is 1.88 bits per heavy atom. The summed E-state index contributed by atoms with van der Waals surface area (Å²) < 4.78 is 57.4. The summed E-state index contributed by atoms with van der Waals surface area (Å²) in [5.41, 5.74) is 1.07. The lowest BCUT2D eigenvalue weighted by Gasteiger charge is -2.29. The summed E-state index contributed by atoms with van der Waals surface area (Å²) in [6.07, 6.45) is 1.89. The van der Waals surface area contributed by atoms with E-state index in [1.54, 1.807) is 12.1 Å². The summed E-state index contributed by atoms with van der Waals surface area (Å²) in [6, 6.07) is 6.38. The van der Waals surface area contributed by atoms with E-state index in [0.717, 1.165) is 18.4 Å². The van der Waals surface area contributed by atoms with Crippen LogP contribution in [-0.4, -0.2) is 57.9 Å². The quantitative estimate of drug-likeness (QED) is 0.730. The van der Waals surface area contributed by atoms with Gasteiger partial charge >= 0.3 is 0 Å². The molecule has 0 radical (unpaired) electrons. The number of hydrogen-bond donors (Lipinski definition) is 0. The van der Waals surface area contributed by atoms with Gasteiger partial charge < -0.3 is 4.74 Å². The average molecular weight is 402 g/mol. The Morgan fingerprint density at radius 3 is 2.38 bits per heavy atom. The molecule has 0 unspecified atom stereocenters. The van der Waals surface area contributed by atoms with E-state index in [1.165, 1.54) is 4.31 Å². The van der Waals surface area contributed by atoms with E-state index in [4.69, 9.17) is 4.74 Å². The third-order valence-electron chi connectivity index (χ3n) is 5.18. The second-order valence-corrected chi connectivity index (χ2v) is 11.6. The first-order valence-electron chi connectivity index (χ1n) is 9.13. The van der Waals surface area contributed by atoms with E-state index in [1.807, 2.05) is 12.1 Å². The monoisotopic (exact) mass is 401 g/mol. The first-order chi connectivity index (χ1) is 12.2. The van der Waals surface area contributed by atoms with Crippen LogP contribution in [0.25, 0.3) is 0 Å². The molecular formula is C18H27NO5S2. The number of sulfonamides is 1. The third-order valence-corrected chi connectivity index (χ3v) is 8.86. The number of rotatable bonds is 6. The van der Waals surface area contributed by atoms with E-state index < -0.39 is 25.9 Å². The largest absolute Gasteiger partial charge is 0.377 e. The fourth-order valence-electron chi connectivity index (χ4n) is 3.60. The molecule has 0 saturated carbocycles. The van der Waals surface area contributed by atoms with Crippen molar-refractivity contribution in [3.05, 3.63) is 29.8 Å². The number of nitrogens with zero attached hydrogens (tertiary/aromatic N) is 1. The van der Waals surface area contributed by atoms with Crippen molar-refractivity contribution < 1.29 is 21.6 Å². The number of benzene rings is 1. The molecular weight excluding hydrogens is 374 g/mol. The lowest BCUT2D eigenvalue weighted by Crippen LogP contribution is -2.45. The van der Waals surface area contributed by atoms with Crippen LogP contribution in [0.15, 0.2) is 29.2 Å². The second-order valence-electron chi connectivity index (χ2n) is 7.49. The van der Waals surface area contributed by atoms with Gasteiger partial charge in [0.2, 0.25) is 10.0 Å². The molecule has 26 heavy (non-hydrogen) atoms. The van der Waals surface area contributed by atoms with Crippen LogP contribution in [0, 0.1) is 0 Å². The Hall–Kier alpha value is -0.960. The van der Waals surface area contributed by atoms with Gasteiger partial charge in [0.15, 0.2) is 9.84 Å². The summed E-state index contributed by atoms with van der Waals surface area (Å²) in [5, 5.41) is 0. The van der Waals surface area contributed by atoms with E-state index in [0.29, 0.717) is 18.9 Å². The minimum absolute atomic E-state index is 0.0432. The van der Waals surface area contributed by atoms with E-state index in [-0.39, 0.29) is 29.0 Å². The molecule has 2 atom stereocenters. The Labute approximate surface area is 156 Å². The van der Waals surface area contributed by atoms with Crippen molar-refractivity contribution in [3.63, 3.8) is 0 Å². The molecule has 0 aromatic heterocycles. The first-order valence-corrected chi connectivity index (χ1v) is 12.4. The summed E-state index contributed by atoms with van der Waals surface area (Å²) >= 11 is 0. The summed E-state index contributed by atoms with van der Waals surface area (Å²) in [7, 11) is -6.96. The normalized spacial score (nSPS) is 26.0. The molecule has 0 N–H and O–H groups in total. The second kappa shape index (κ2) is 7.58. The zero-order chi connectivity index (χ0) is 18.9. The molecule has 2 heterocycles. The van der Waals surface area contributed by atoms with E-state index >= 15 is 0 Å². The Kier molecular flexibility index (Phi) is 5.77. The van der Waals surface area contributed by atoms with E-state index in [9.17, 15) is 16.8 Å². The number of hydrogen-bond acceptors (Lipinski definition) is 5. The highest BCUT2D eigenvalue weighted by Gasteiger charge is 2.40. The van der Waals surface area contributed by atoms with Crippen LogP contribution in [0.3, 0.4) is 0 Å². The van der Waals surface area contributed by atoms with Gasteiger partial charge in [0.05, 0.1) is 22.5 Å². The highest BCUT2D eigenvalue weighted by atomic mass is 32.2. The number of sulfone groups is 1. The average Bonchev–Trinajstić information content (AvgIpc) is 3.21. The van der Waals surface area contributed by atoms with Crippen molar-refractivity contribution in [2.45, 2.75) is 56.1 Å². The van der Waals surface area contributed by atoms with Gasteiger partial charge in [0, 0.05) is 19.2 Å². The first kappa shape index (κ1) is 19.8. The van der Waals surface area contributed by atoms with Crippen LogP contribution in [0.4, 0.5) is 0 Å². The maximum absolute atomic E-state index is 13.3. The molecule has 6 nitrogen and oxygen atoms in total. The highest BCUT2D eigenvalue weighted by molar-refractivity contribution is 7.92. The molecule has 0 aliphatic carbocycles. The van der Waals surface area contributed by atoms with Gasteiger partial charge in [-0.25, -0.2) is 16.8 Å². The van der Waals surface area contributed by atoms with Crippen molar-refractivity contribution in [2.75, 3.05) is 24.7 Å². The minimum atomic E-state index is -3.78. The maximum Gasteiger partial charge on any atom is 0.243 e. The molecule has 2 fully saturated rings. The van der Waals surface area contributed by atoms with Crippen molar-refractivity contribution in [1.82, 2.24) is 4.31 Å². The van der Waals surface area contributed by atoms with E-state index in [2.05, 4.69) is 13.8 Å². The molecule has 146 valence electrons. The maximum atomic E-state index is 13.3. The molecule has 2 aliphatic rings. The Balaban J connectivity index is 1.90. The Morgan fingerprint density at radius 1 is 1.19 bits per heavy atom. The lowest BCUT2D eigenvalue weighted by molar-refractivity contribution is 0.0877. The van der Waals surface area contributed by atoms with Crippen molar-refractivity contribution in [3.8, 4) is 0 Å². The van der Waals surface area contributed by atoms with Gasteiger partial charge in [-0.15, -0.1) is 0 Å². The SMILES string of the molecule is CC(C)c1ccc(S(=O)(=O)N(C[C@@H]2CCCO2)[C@H]2CCS(=O)(=O)C2)cc1. The predicted molar refractivity (Wildman–Crippen MR) is 100 cm³/mol. The van der Waals surface area contributed by atoms with Crippen LogP contribution < -0.4 is 0 Å². The van der Waals surface area contributed by atoms with Gasteiger partial charge in [0.1, 0.15) is 0 Å². The van der Waals surface area contributed by atoms with Crippen molar-refractivity contribution in [2.24, 2.45) is 0 Å². The van der Waals surface area contributed by atoms with Gasteiger partial charge in [-0.2, -0.15) is 4.31 Å². The summed E-state index contributed by atoms with van der Waals surface area (Å²) in [4.78, 5) is 0.212. The number of ether oxygens (including phenoxy) is 1. The zero-order valence-corrected chi connectivity index (χ0v) is 16.9. The molecule has 0 bridgehead atoms. The predicted octanol–water partition coefficient (Wildman–Crippen LogP) is 2.17. The Bertz CT molecular complexity index is 825. The highest BCUT2D eigenvalue weighted by Crippen LogP contribution is 2.28.